The number of aryl methyl sites for hydroxylation is 1. The molecule has 1 heterocycles. The van der Waals surface area contributed by atoms with Crippen LogP contribution in [0.3, 0.4) is 0 Å². The van der Waals surface area contributed by atoms with Crippen molar-refractivity contribution >= 4 is 0 Å². The molecule has 0 aliphatic carbocycles. The monoisotopic (exact) mass is 207 g/mol. The number of hydrogen-bond acceptors (Lipinski definition) is 1. The fourth-order valence-corrected chi connectivity index (χ4v) is 1.73. The Morgan fingerprint density at radius 2 is 1.93 bits per heavy atom. The second-order valence-corrected chi connectivity index (χ2v) is 4.12. The lowest BCUT2D eigenvalue weighted by atomic mass is 10.1. The van der Waals surface area contributed by atoms with Crippen LogP contribution in [0.5, 0.6) is 0 Å². The molecule has 0 unspecified atom stereocenters. The van der Waals surface area contributed by atoms with Crippen LogP contribution in [0.1, 0.15) is 51.1 Å². The Morgan fingerprint density at radius 3 is 2.60 bits per heavy atom. The molecule has 0 aliphatic rings. The van der Waals surface area contributed by atoms with Crippen LogP contribution in [0.2, 0.25) is 0 Å². The van der Waals surface area contributed by atoms with Crippen molar-refractivity contribution in [1.29, 1.82) is 0 Å². The zero-order valence-electron chi connectivity index (χ0n) is 9.91. The fraction of sp³-hybridized carbons (Fsp3) is 0.692. The lowest BCUT2D eigenvalue weighted by Crippen LogP contribution is -1.94. The van der Waals surface area contributed by atoms with E-state index in [1.54, 1.807) is 0 Å². The van der Waals surface area contributed by atoms with Crippen LogP contribution in [-0.4, -0.2) is 9.55 Å². The molecule has 0 N–H and O–H groups in total. The Labute approximate surface area is 93.7 Å². The summed E-state index contributed by atoms with van der Waals surface area (Å²) in [7, 11) is 0. The molecule has 0 aliphatic heterocycles. The molecule has 0 spiro atoms. The van der Waals surface area contributed by atoms with Crippen LogP contribution in [0.4, 0.5) is 0 Å². The van der Waals surface area contributed by atoms with E-state index in [-0.39, 0.29) is 0 Å². The number of rotatable bonds is 8. The van der Waals surface area contributed by atoms with Crippen LogP contribution in [0.25, 0.3) is 0 Å². The van der Waals surface area contributed by atoms with E-state index < -0.39 is 0 Å². The fourth-order valence-electron chi connectivity index (χ4n) is 1.73. The van der Waals surface area contributed by atoms with E-state index in [2.05, 4.69) is 29.6 Å². The van der Waals surface area contributed by atoms with Gasteiger partial charge in [-0.05, 0) is 19.8 Å². The van der Waals surface area contributed by atoms with Gasteiger partial charge in [0.05, 0.1) is 12.0 Å². The predicted octanol–water partition coefficient (Wildman–Crippen LogP) is 3.62. The quantitative estimate of drug-likeness (QED) is 0.595. The largest absolute Gasteiger partial charge is 0.337 e. The number of aromatic nitrogens is 2. The molecule has 1 rings (SSSR count). The van der Waals surface area contributed by atoms with Gasteiger partial charge in [0.1, 0.15) is 0 Å². The van der Waals surface area contributed by atoms with Crippen molar-refractivity contribution < 1.29 is 0 Å². The molecular weight excluding hydrogens is 184 g/mol. The molecule has 0 fully saturated rings. The molecule has 0 amide bonds. The Hall–Kier alpha value is -0.790. The van der Waals surface area contributed by atoms with Gasteiger partial charge in [0.25, 0.3) is 0 Å². The Balaban J connectivity index is 2.04. The van der Waals surface area contributed by atoms with Gasteiger partial charge in [-0.2, -0.15) is 0 Å². The first kappa shape index (κ1) is 12.3. The second-order valence-electron chi connectivity index (χ2n) is 4.12. The van der Waals surface area contributed by atoms with E-state index in [1.807, 2.05) is 6.33 Å². The van der Waals surface area contributed by atoms with Crippen LogP contribution in [0.15, 0.2) is 12.5 Å². The lowest BCUT2D eigenvalue weighted by Gasteiger charge is -2.01. The molecule has 1 aromatic heterocycles. The summed E-state index contributed by atoms with van der Waals surface area (Å²) in [5.74, 6) is 0. The smallest absolute Gasteiger partial charge is 0.0949 e. The summed E-state index contributed by atoms with van der Waals surface area (Å²) < 4.78 is 2.18. The summed E-state index contributed by atoms with van der Waals surface area (Å²) in [6.45, 7) is 7.19. The highest BCUT2D eigenvalue weighted by molar-refractivity contribution is 4.97. The Kier molecular flexibility index (Phi) is 6.14. The molecule has 1 aromatic rings. The minimum Gasteiger partial charge on any atom is -0.337 e. The molecule has 85 valence electrons. The van der Waals surface area contributed by atoms with Crippen molar-refractivity contribution in [1.82, 2.24) is 9.55 Å². The first-order chi connectivity index (χ1) is 7.36. The highest BCUT2D eigenvalue weighted by Gasteiger charge is 1.96. The summed E-state index contributed by atoms with van der Waals surface area (Å²) in [6.07, 6.45) is 12.9. The van der Waals surface area contributed by atoms with E-state index in [0.717, 1.165) is 18.7 Å². The zero-order chi connectivity index (χ0) is 10.9. The van der Waals surface area contributed by atoms with Gasteiger partial charge in [-0.25, -0.2) is 4.98 Å². The molecule has 0 atom stereocenters. The van der Waals surface area contributed by atoms with Gasteiger partial charge >= 0.3 is 0 Å². The maximum absolute atomic E-state index is 4.26. The lowest BCUT2D eigenvalue weighted by molar-refractivity contribution is 0.557. The van der Waals surface area contributed by atoms with Gasteiger partial charge < -0.3 is 4.57 Å². The molecule has 15 heavy (non-hydrogen) atoms. The van der Waals surface area contributed by atoms with Gasteiger partial charge in [0.2, 0.25) is 0 Å². The van der Waals surface area contributed by atoms with Crippen molar-refractivity contribution in [2.75, 3.05) is 0 Å². The van der Waals surface area contributed by atoms with Crippen LogP contribution in [-0.2, 0) is 13.0 Å². The van der Waals surface area contributed by atoms with Crippen LogP contribution in [0, 0.1) is 6.92 Å². The Morgan fingerprint density at radius 1 is 1.20 bits per heavy atom. The van der Waals surface area contributed by atoms with E-state index in [9.17, 15) is 0 Å². The SMILES string of the molecule is [CH2]Cc1cn(CCCCCCCC)cn1. The third-order valence-corrected chi connectivity index (χ3v) is 2.71. The van der Waals surface area contributed by atoms with Crippen molar-refractivity contribution in [3.8, 4) is 0 Å². The van der Waals surface area contributed by atoms with Gasteiger partial charge in [-0.15, -0.1) is 0 Å². The molecule has 2 heteroatoms. The molecular formula is C13H23N2. The zero-order valence-corrected chi connectivity index (χ0v) is 9.91. The van der Waals surface area contributed by atoms with Crippen LogP contribution >= 0.6 is 0 Å². The number of hydrogen-bond donors (Lipinski definition) is 0. The van der Waals surface area contributed by atoms with Crippen molar-refractivity contribution in [3.63, 3.8) is 0 Å². The molecule has 0 aromatic carbocycles. The minimum absolute atomic E-state index is 0.795. The van der Waals surface area contributed by atoms with Gasteiger partial charge in [0.15, 0.2) is 0 Å². The maximum Gasteiger partial charge on any atom is 0.0949 e. The second kappa shape index (κ2) is 7.49. The summed E-state index contributed by atoms with van der Waals surface area (Å²) in [5.41, 5.74) is 1.10. The highest BCUT2D eigenvalue weighted by Crippen LogP contribution is 2.06. The normalized spacial score (nSPS) is 10.8. The molecule has 0 saturated heterocycles. The standard InChI is InChI=1S/C13H23N2/c1-3-5-6-7-8-9-10-15-11-13(4-2)14-12-15/h11-12H,2-10H2,1H3. The number of nitrogens with zero attached hydrogens (tertiary/aromatic N) is 2. The molecule has 1 radical (unpaired) electrons. The van der Waals surface area contributed by atoms with Crippen molar-refractivity contribution in [3.05, 3.63) is 25.1 Å². The first-order valence-electron chi connectivity index (χ1n) is 6.16. The molecule has 2 nitrogen and oxygen atoms in total. The van der Waals surface area contributed by atoms with Gasteiger partial charge in [-0.3, -0.25) is 0 Å². The predicted molar refractivity (Wildman–Crippen MR) is 64.7 cm³/mol. The summed E-state index contributed by atoms with van der Waals surface area (Å²) in [4.78, 5) is 4.26. The van der Waals surface area contributed by atoms with E-state index >= 15 is 0 Å². The Bertz CT molecular complexity index is 253. The average Bonchev–Trinajstić information content (AvgIpc) is 2.71. The average molecular weight is 207 g/mol. The van der Waals surface area contributed by atoms with E-state index in [0.29, 0.717) is 0 Å². The molecule has 0 saturated carbocycles. The summed E-state index contributed by atoms with van der Waals surface area (Å²) >= 11 is 0. The third-order valence-electron chi connectivity index (χ3n) is 2.71. The van der Waals surface area contributed by atoms with Gasteiger partial charge in [0, 0.05) is 12.7 Å². The first-order valence-corrected chi connectivity index (χ1v) is 6.16. The van der Waals surface area contributed by atoms with E-state index in [1.165, 1.54) is 38.5 Å². The minimum atomic E-state index is 0.795. The number of unbranched alkanes of at least 4 members (excludes halogenated alkanes) is 5. The van der Waals surface area contributed by atoms with E-state index in [4.69, 9.17) is 0 Å². The van der Waals surface area contributed by atoms with Crippen LogP contribution < -0.4 is 0 Å². The third kappa shape index (κ3) is 5.01. The molecule has 0 bridgehead atoms. The van der Waals surface area contributed by atoms with Crippen molar-refractivity contribution in [2.45, 2.75) is 58.4 Å². The van der Waals surface area contributed by atoms with Crippen molar-refractivity contribution in [2.24, 2.45) is 0 Å². The number of imidazole rings is 1. The topological polar surface area (TPSA) is 17.8 Å². The summed E-state index contributed by atoms with van der Waals surface area (Å²) in [5, 5.41) is 0. The maximum atomic E-state index is 4.26. The van der Waals surface area contributed by atoms with Gasteiger partial charge in [-0.1, -0.05) is 39.0 Å². The summed E-state index contributed by atoms with van der Waals surface area (Å²) in [6, 6.07) is 0. The highest BCUT2D eigenvalue weighted by atomic mass is 15.0.